The quantitative estimate of drug-likeness (QED) is 0.802. The molecule has 104 valence electrons. The van der Waals surface area contributed by atoms with Gasteiger partial charge in [-0.15, -0.1) is 0 Å². The molecule has 2 aromatic rings. The number of ether oxygens (including phenoxy) is 2. The minimum Gasteiger partial charge on any atom is -0.486 e. The van der Waals surface area contributed by atoms with Gasteiger partial charge in [0.2, 0.25) is 5.88 Å². The molecule has 0 spiro atoms. The number of carboxylic acid groups (broad SMARTS) is 1. The van der Waals surface area contributed by atoms with Gasteiger partial charge in [-0.2, -0.15) is 0 Å². The number of nitrogens with zero attached hydrogens (tertiary/aromatic N) is 1. The first kappa shape index (κ1) is 14.6. The van der Waals surface area contributed by atoms with Crippen LogP contribution in [0.2, 0.25) is 0 Å². The van der Waals surface area contributed by atoms with Crippen LogP contribution < -0.4 is 9.47 Å². The molecule has 0 bridgehead atoms. The van der Waals surface area contributed by atoms with Crippen LogP contribution in [0.5, 0.6) is 11.6 Å². The van der Waals surface area contributed by atoms with Crippen molar-refractivity contribution in [3.8, 4) is 11.6 Å². The second-order valence-corrected chi connectivity index (χ2v) is 5.15. The summed E-state index contributed by atoms with van der Waals surface area (Å²) in [5.41, 5.74) is 0.805. The minimum absolute atomic E-state index is 0.139. The van der Waals surface area contributed by atoms with Crippen molar-refractivity contribution < 1.29 is 19.4 Å². The highest BCUT2D eigenvalue weighted by Crippen LogP contribution is 2.22. The summed E-state index contributed by atoms with van der Waals surface area (Å²) in [5, 5.41) is 9.15. The molecule has 1 aromatic heterocycles. The van der Waals surface area contributed by atoms with Crippen molar-refractivity contribution in [2.24, 2.45) is 0 Å². The van der Waals surface area contributed by atoms with Gasteiger partial charge < -0.3 is 14.6 Å². The molecule has 0 atom stereocenters. The van der Waals surface area contributed by atoms with Crippen molar-refractivity contribution in [3.05, 3.63) is 51.2 Å². The second kappa shape index (κ2) is 6.56. The Morgan fingerprint density at radius 1 is 1.35 bits per heavy atom. The lowest BCUT2D eigenvalue weighted by atomic mass is 10.2. The predicted octanol–water partition coefficient (Wildman–Crippen LogP) is 2.97. The summed E-state index contributed by atoms with van der Waals surface area (Å²) < 4.78 is 11.4. The van der Waals surface area contributed by atoms with Gasteiger partial charge in [0.1, 0.15) is 17.9 Å². The molecule has 1 heterocycles. The number of hydrogen-bond donors (Lipinski definition) is 1. The third-order valence-corrected chi connectivity index (χ3v) is 3.21. The number of rotatable bonds is 5. The van der Waals surface area contributed by atoms with Crippen LogP contribution in [0.4, 0.5) is 0 Å². The molecule has 0 saturated carbocycles. The molecule has 1 N–H and O–H groups in total. The van der Waals surface area contributed by atoms with Crippen molar-refractivity contribution in [3.63, 3.8) is 0 Å². The summed E-state index contributed by atoms with van der Waals surface area (Å²) in [7, 11) is 1.54. The fraction of sp³-hybridized carbons (Fsp3) is 0.143. The lowest BCUT2D eigenvalue weighted by Gasteiger charge is -2.09. The highest BCUT2D eigenvalue weighted by atomic mass is 127. The molecule has 1 aromatic carbocycles. The number of carbonyl (C=O) groups is 1. The van der Waals surface area contributed by atoms with Gasteiger partial charge in [0.25, 0.3) is 0 Å². The third kappa shape index (κ3) is 3.60. The lowest BCUT2D eigenvalue weighted by molar-refractivity contribution is 0.0691. The first-order valence-electron chi connectivity index (χ1n) is 5.75. The maximum Gasteiger partial charge on any atom is 0.339 e. The Kier molecular flexibility index (Phi) is 4.78. The number of hydrogen-bond acceptors (Lipinski definition) is 4. The van der Waals surface area contributed by atoms with Crippen molar-refractivity contribution in [1.82, 2.24) is 4.98 Å². The van der Waals surface area contributed by atoms with Gasteiger partial charge in [0, 0.05) is 9.64 Å². The normalized spacial score (nSPS) is 10.1. The van der Waals surface area contributed by atoms with Gasteiger partial charge in [-0.05, 0) is 46.9 Å². The molecule has 0 aliphatic rings. The molecule has 6 heteroatoms. The fourth-order valence-electron chi connectivity index (χ4n) is 1.60. The van der Waals surface area contributed by atoms with Crippen LogP contribution in [0.15, 0.2) is 36.4 Å². The molecule has 0 saturated heterocycles. The van der Waals surface area contributed by atoms with E-state index in [-0.39, 0.29) is 12.2 Å². The minimum atomic E-state index is -1.02. The number of aromatic nitrogens is 1. The van der Waals surface area contributed by atoms with Crippen LogP contribution in [0, 0.1) is 3.57 Å². The van der Waals surface area contributed by atoms with E-state index in [0.29, 0.717) is 17.3 Å². The molecule has 2 rings (SSSR count). The van der Waals surface area contributed by atoms with Crippen molar-refractivity contribution >= 4 is 28.6 Å². The number of pyridine rings is 1. The van der Waals surface area contributed by atoms with Gasteiger partial charge >= 0.3 is 5.97 Å². The van der Waals surface area contributed by atoms with Crippen LogP contribution in [0.1, 0.15) is 16.1 Å². The first-order valence-corrected chi connectivity index (χ1v) is 6.83. The molecule has 0 aliphatic heterocycles. The van der Waals surface area contributed by atoms with Gasteiger partial charge in [-0.25, -0.2) is 9.78 Å². The zero-order chi connectivity index (χ0) is 14.5. The summed E-state index contributed by atoms with van der Waals surface area (Å²) in [6.07, 6.45) is 0. The average Bonchev–Trinajstić information content (AvgIpc) is 2.46. The van der Waals surface area contributed by atoms with E-state index < -0.39 is 5.97 Å². The SMILES string of the molecule is COc1cccc(COc2ccc(I)cc2C(=O)O)n1. The second-order valence-electron chi connectivity index (χ2n) is 3.91. The number of benzene rings is 1. The number of carboxylic acids is 1. The van der Waals surface area contributed by atoms with Gasteiger partial charge in [0.05, 0.1) is 12.8 Å². The highest BCUT2D eigenvalue weighted by Gasteiger charge is 2.12. The van der Waals surface area contributed by atoms with E-state index in [1.54, 1.807) is 36.4 Å². The maximum absolute atomic E-state index is 11.2. The standard InChI is InChI=1S/C14H12INO4/c1-19-13-4-2-3-10(16-13)8-20-12-6-5-9(15)7-11(12)14(17)18/h2-7H,8H2,1H3,(H,17,18). The summed E-state index contributed by atoms with van der Waals surface area (Å²) in [5.74, 6) is -0.202. The van der Waals surface area contributed by atoms with Crippen LogP contribution in [-0.2, 0) is 6.61 Å². The smallest absolute Gasteiger partial charge is 0.339 e. The van der Waals surface area contributed by atoms with Gasteiger partial charge in [0.15, 0.2) is 0 Å². The molecule has 5 nitrogen and oxygen atoms in total. The Hall–Kier alpha value is -1.83. The Morgan fingerprint density at radius 3 is 2.85 bits per heavy atom. The Bertz CT molecular complexity index is 630. The van der Waals surface area contributed by atoms with E-state index in [0.717, 1.165) is 3.57 Å². The molecule has 0 unspecified atom stereocenters. The molecule has 20 heavy (non-hydrogen) atoms. The van der Waals surface area contributed by atoms with Crippen LogP contribution >= 0.6 is 22.6 Å². The Balaban J connectivity index is 2.16. The molecular formula is C14H12INO4. The van der Waals surface area contributed by atoms with E-state index in [2.05, 4.69) is 27.6 Å². The topological polar surface area (TPSA) is 68.7 Å². The van der Waals surface area contributed by atoms with Crippen LogP contribution in [0.25, 0.3) is 0 Å². The Labute approximate surface area is 129 Å². The van der Waals surface area contributed by atoms with Crippen molar-refractivity contribution in [2.45, 2.75) is 6.61 Å². The molecule has 0 amide bonds. The van der Waals surface area contributed by atoms with Crippen LogP contribution in [0.3, 0.4) is 0 Å². The van der Waals surface area contributed by atoms with E-state index in [4.69, 9.17) is 14.6 Å². The third-order valence-electron chi connectivity index (χ3n) is 2.54. The summed E-state index contributed by atoms with van der Waals surface area (Å²) in [4.78, 5) is 15.4. The largest absolute Gasteiger partial charge is 0.486 e. The van der Waals surface area contributed by atoms with E-state index >= 15 is 0 Å². The molecular weight excluding hydrogens is 373 g/mol. The molecule has 0 aliphatic carbocycles. The molecule has 0 radical (unpaired) electrons. The van der Waals surface area contributed by atoms with Gasteiger partial charge in [-0.1, -0.05) is 6.07 Å². The zero-order valence-electron chi connectivity index (χ0n) is 10.7. The zero-order valence-corrected chi connectivity index (χ0v) is 12.8. The summed E-state index contributed by atoms with van der Waals surface area (Å²) in [6, 6.07) is 10.3. The number of halogens is 1. The van der Waals surface area contributed by atoms with E-state index in [1.807, 2.05) is 0 Å². The highest BCUT2D eigenvalue weighted by molar-refractivity contribution is 14.1. The Morgan fingerprint density at radius 2 is 2.15 bits per heavy atom. The fourth-order valence-corrected chi connectivity index (χ4v) is 2.09. The monoisotopic (exact) mass is 385 g/mol. The molecule has 0 fully saturated rings. The van der Waals surface area contributed by atoms with E-state index in [1.165, 1.54) is 7.11 Å². The summed E-state index contributed by atoms with van der Waals surface area (Å²) in [6.45, 7) is 0.179. The van der Waals surface area contributed by atoms with E-state index in [9.17, 15) is 4.79 Å². The first-order chi connectivity index (χ1) is 9.60. The maximum atomic E-state index is 11.2. The van der Waals surface area contributed by atoms with Crippen molar-refractivity contribution in [2.75, 3.05) is 7.11 Å². The number of aromatic carboxylic acids is 1. The lowest BCUT2D eigenvalue weighted by Crippen LogP contribution is -2.05. The predicted molar refractivity (Wildman–Crippen MR) is 81.2 cm³/mol. The van der Waals surface area contributed by atoms with Crippen molar-refractivity contribution in [1.29, 1.82) is 0 Å². The summed E-state index contributed by atoms with van der Waals surface area (Å²) >= 11 is 2.06. The van der Waals surface area contributed by atoms with Crippen LogP contribution in [-0.4, -0.2) is 23.2 Å². The number of methoxy groups -OCH3 is 1. The van der Waals surface area contributed by atoms with Gasteiger partial charge in [-0.3, -0.25) is 0 Å². The average molecular weight is 385 g/mol.